The number of esters is 1. The predicted molar refractivity (Wildman–Crippen MR) is 95.5 cm³/mol. The van der Waals surface area contributed by atoms with Crippen LogP contribution in [0, 0.1) is 0 Å². The van der Waals surface area contributed by atoms with Gasteiger partial charge in [0.1, 0.15) is 6.10 Å². The second-order valence-corrected chi connectivity index (χ2v) is 6.87. The second kappa shape index (κ2) is 10.5. The lowest BCUT2D eigenvalue weighted by molar-refractivity contribution is -0.141. The van der Waals surface area contributed by atoms with Crippen molar-refractivity contribution in [1.82, 2.24) is 0 Å². The van der Waals surface area contributed by atoms with Crippen LogP contribution in [0.3, 0.4) is 0 Å². The van der Waals surface area contributed by atoms with Crippen LogP contribution in [0.4, 0.5) is 0 Å². The molecule has 0 aliphatic carbocycles. The van der Waals surface area contributed by atoms with Crippen molar-refractivity contribution in [2.45, 2.75) is 89.6 Å². The number of hydrogen-bond acceptors (Lipinski definition) is 2. The Bertz CT molecular complexity index is 440. The summed E-state index contributed by atoms with van der Waals surface area (Å²) in [6.45, 7) is 2.26. The molecular formula is C21H32O2. The highest BCUT2D eigenvalue weighted by molar-refractivity contribution is 5.73. The Morgan fingerprint density at radius 3 is 2.17 bits per heavy atom. The second-order valence-electron chi connectivity index (χ2n) is 6.87. The van der Waals surface area contributed by atoms with Crippen LogP contribution in [0.25, 0.3) is 0 Å². The number of hydrogen-bond donors (Lipinski definition) is 0. The fourth-order valence-electron chi connectivity index (χ4n) is 3.56. The molecule has 1 aromatic carbocycles. The fraction of sp³-hybridized carbons (Fsp3) is 0.667. The van der Waals surface area contributed by atoms with Crippen LogP contribution in [0.1, 0.15) is 89.0 Å². The van der Waals surface area contributed by atoms with Crippen molar-refractivity contribution in [2.75, 3.05) is 0 Å². The molecule has 2 nitrogen and oxygen atoms in total. The molecule has 0 bridgehead atoms. The molecule has 2 heteroatoms. The first kappa shape index (κ1) is 18.0. The maximum atomic E-state index is 11.7. The highest BCUT2D eigenvalue weighted by Gasteiger charge is 2.35. The maximum absolute atomic E-state index is 11.7. The quantitative estimate of drug-likeness (QED) is 0.369. The van der Waals surface area contributed by atoms with Crippen LogP contribution in [0.2, 0.25) is 0 Å². The summed E-state index contributed by atoms with van der Waals surface area (Å²) in [5, 5.41) is 0. The van der Waals surface area contributed by atoms with Crippen LogP contribution < -0.4 is 0 Å². The van der Waals surface area contributed by atoms with E-state index in [-0.39, 0.29) is 18.0 Å². The van der Waals surface area contributed by atoms with E-state index in [1.807, 2.05) is 18.2 Å². The first-order valence-corrected chi connectivity index (χ1v) is 9.55. The minimum atomic E-state index is -0.0280. The lowest BCUT2D eigenvalue weighted by atomic mass is 9.89. The first-order chi connectivity index (χ1) is 11.3. The van der Waals surface area contributed by atoms with Crippen molar-refractivity contribution >= 4 is 5.97 Å². The largest absolute Gasteiger partial charge is 0.462 e. The number of cyclic esters (lactones) is 1. The summed E-state index contributed by atoms with van der Waals surface area (Å²) in [5.74, 6) is 0.234. The van der Waals surface area contributed by atoms with Gasteiger partial charge < -0.3 is 4.74 Å². The van der Waals surface area contributed by atoms with Gasteiger partial charge in [0.15, 0.2) is 0 Å². The van der Waals surface area contributed by atoms with Gasteiger partial charge in [-0.2, -0.15) is 0 Å². The van der Waals surface area contributed by atoms with Crippen molar-refractivity contribution in [3.8, 4) is 0 Å². The number of carbonyl (C=O) groups excluding carboxylic acids is 1. The lowest BCUT2D eigenvalue weighted by Gasteiger charge is -2.17. The first-order valence-electron chi connectivity index (χ1n) is 9.55. The molecule has 2 rings (SSSR count). The van der Waals surface area contributed by atoms with Gasteiger partial charge in [-0.1, -0.05) is 88.6 Å². The molecule has 0 aromatic heterocycles. The molecule has 1 aliphatic heterocycles. The Kier molecular flexibility index (Phi) is 8.20. The minimum Gasteiger partial charge on any atom is -0.462 e. The third kappa shape index (κ3) is 6.37. The Labute approximate surface area is 141 Å². The molecule has 0 N–H and O–H groups in total. The maximum Gasteiger partial charge on any atom is 0.306 e. The summed E-state index contributed by atoms with van der Waals surface area (Å²) in [4.78, 5) is 11.7. The molecule has 1 aliphatic rings. The molecule has 1 aromatic rings. The summed E-state index contributed by atoms with van der Waals surface area (Å²) < 4.78 is 5.56. The Morgan fingerprint density at radius 2 is 1.52 bits per heavy atom. The highest BCUT2D eigenvalue weighted by Crippen LogP contribution is 2.34. The normalized spacial score (nSPS) is 20.7. The van der Waals surface area contributed by atoms with E-state index in [1.165, 1.54) is 63.4 Å². The van der Waals surface area contributed by atoms with Crippen molar-refractivity contribution in [3.63, 3.8) is 0 Å². The molecule has 1 heterocycles. The smallest absolute Gasteiger partial charge is 0.306 e. The Hall–Kier alpha value is -1.31. The molecule has 0 radical (unpaired) electrons. The summed E-state index contributed by atoms with van der Waals surface area (Å²) >= 11 is 0. The van der Waals surface area contributed by atoms with Crippen molar-refractivity contribution in [2.24, 2.45) is 0 Å². The van der Waals surface area contributed by atoms with Gasteiger partial charge >= 0.3 is 5.97 Å². The Balaban J connectivity index is 1.62. The molecule has 0 spiro atoms. The molecule has 1 fully saturated rings. The minimum absolute atomic E-state index is 0.0280. The standard InChI is InChI=1S/C21H32O2/c1-2-3-4-5-6-7-8-9-13-16-20-19(17-21(22)23-20)18-14-11-10-12-15-18/h10-12,14-15,19-20H,2-9,13,16-17H2,1H3/t19-,20-/m0/s1. The molecule has 1 saturated heterocycles. The Morgan fingerprint density at radius 1 is 0.913 bits per heavy atom. The van der Waals surface area contributed by atoms with Crippen LogP contribution in [0.5, 0.6) is 0 Å². The van der Waals surface area contributed by atoms with E-state index in [0.717, 1.165) is 6.42 Å². The number of rotatable bonds is 11. The molecule has 23 heavy (non-hydrogen) atoms. The molecule has 2 atom stereocenters. The molecule has 0 unspecified atom stereocenters. The zero-order chi connectivity index (χ0) is 16.3. The van der Waals surface area contributed by atoms with Gasteiger partial charge in [0.05, 0.1) is 6.42 Å². The van der Waals surface area contributed by atoms with Gasteiger partial charge in [-0.15, -0.1) is 0 Å². The topological polar surface area (TPSA) is 26.3 Å². The van der Waals surface area contributed by atoms with Gasteiger partial charge in [-0.25, -0.2) is 0 Å². The van der Waals surface area contributed by atoms with Crippen molar-refractivity contribution in [3.05, 3.63) is 35.9 Å². The summed E-state index contributed by atoms with van der Waals surface area (Å²) in [7, 11) is 0. The van der Waals surface area contributed by atoms with E-state index < -0.39 is 0 Å². The number of unbranched alkanes of at least 4 members (excludes halogenated alkanes) is 8. The summed E-state index contributed by atoms with van der Waals surface area (Å²) in [6.07, 6.45) is 13.7. The molecule has 0 saturated carbocycles. The third-order valence-electron chi connectivity index (χ3n) is 4.94. The summed E-state index contributed by atoms with van der Waals surface area (Å²) in [6, 6.07) is 10.4. The molecule has 128 valence electrons. The van der Waals surface area contributed by atoms with Crippen molar-refractivity contribution in [1.29, 1.82) is 0 Å². The highest BCUT2D eigenvalue weighted by atomic mass is 16.5. The SMILES string of the molecule is CCCCCCCCCCC[C@@H]1OC(=O)C[C@H]1c1ccccc1. The average molecular weight is 316 g/mol. The zero-order valence-corrected chi connectivity index (χ0v) is 14.6. The van der Waals surface area contributed by atoms with Crippen LogP contribution in [-0.2, 0) is 9.53 Å². The van der Waals surface area contributed by atoms with E-state index in [2.05, 4.69) is 19.1 Å². The summed E-state index contributed by atoms with van der Waals surface area (Å²) in [5.41, 5.74) is 1.25. The van der Waals surface area contributed by atoms with Crippen LogP contribution in [-0.4, -0.2) is 12.1 Å². The van der Waals surface area contributed by atoms with Crippen LogP contribution >= 0.6 is 0 Å². The van der Waals surface area contributed by atoms with Gasteiger partial charge in [0.25, 0.3) is 0 Å². The fourth-order valence-corrected chi connectivity index (χ4v) is 3.56. The molecule has 0 amide bonds. The van der Waals surface area contributed by atoms with Gasteiger partial charge in [0, 0.05) is 5.92 Å². The lowest BCUT2D eigenvalue weighted by Crippen LogP contribution is -2.14. The van der Waals surface area contributed by atoms with Crippen molar-refractivity contribution < 1.29 is 9.53 Å². The van der Waals surface area contributed by atoms with Crippen LogP contribution in [0.15, 0.2) is 30.3 Å². The predicted octanol–water partition coefficient (Wildman–Crippen LogP) is 6.01. The van der Waals surface area contributed by atoms with E-state index in [0.29, 0.717) is 6.42 Å². The zero-order valence-electron chi connectivity index (χ0n) is 14.6. The van der Waals surface area contributed by atoms with E-state index >= 15 is 0 Å². The monoisotopic (exact) mass is 316 g/mol. The van der Waals surface area contributed by atoms with E-state index in [4.69, 9.17) is 4.74 Å². The number of benzene rings is 1. The van der Waals surface area contributed by atoms with E-state index in [1.54, 1.807) is 0 Å². The van der Waals surface area contributed by atoms with Gasteiger partial charge in [0.2, 0.25) is 0 Å². The third-order valence-corrected chi connectivity index (χ3v) is 4.94. The average Bonchev–Trinajstić information content (AvgIpc) is 2.95. The van der Waals surface area contributed by atoms with E-state index in [9.17, 15) is 4.79 Å². The van der Waals surface area contributed by atoms with Gasteiger partial charge in [-0.05, 0) is 18.4 Å². The number of ether oxygens (including phenoxy) is 1. The number of carbonyl (C=O) groups is 1. The molecular weight excluding hydrogens is 284 g/mol. The van der Waals surface area contributed by atoms with Gasteiger partial charge in [-0.3, -0.25) is 4.79 Å².